The minimum Gasteiger partial charge on any atom is -0.400 e. The molecule has 42 heavy (non-hydrogen) atoms. The lowest BCUT2D eigenvalue weighted by molar-refractivity contribution is -0.156. The Bertz CT molecular complexity index is 1350. The highest BCUT2D eigenvalue weighted by molar-refractivity contribution is 8.00. The second kappa shape index (κ2) is 17.2. The zero-order valence-corrected chi connectivity index (χ0v) is 24.2. The number of rotatable bonds is 6. The first-order valence-electron chi connectivity index (χ1n) is 12.4. The van der Waals surface area contributed by atoms with Crippen LogP contribution in [0.5, 0.6) is 0 Å². The number of aldehydes is 1. The van der Waals surface area contributed by atoms with E-state index in [1.54, 1.807) is 16.0 Å². The zero-order valence-electron chi connectivity index (χ0n) is 22.6. The number of amides is 2. The maximum absolute atomic E-state index is 13.0. The maximum atomic E-state index is 13.0. The molecule has 0 spiro atoms. The summed E-state index contributed by atoms with van der Waals surface area (Å²) in [5, 5.41) is 14.9. The molecular formula is C27H31F3N6O4S2. The number of hydrogen-bond acceptors (Lipinski definition) is 10. The third-order valence-corrected chi connectivity index (χ3v) is 6.93. The second-order valence-corrected chi connectivity index (χ2v) is 9.78. The number of anilines is 1. The molecule has 0 atom stereocenters. The van der Waals surface area contributed by atoms with Crippen molar-refractivity contribution in [3.05, 3.63) is 77.5 Å². The van der Waals surface area contributed by atoms with Gasteiger partial charge in [-0.2, -0.15) is 13.2 Å². The van der Waals surface area contributed by atoms with Gasteiger partial charge in [-0.15, -0.1) is 0 Å². The summed E-state index contributed by atoms with van der Waals surface area (Å²) in [4.78, 5) is 43.1. The Kier molecular flexibility index (Phi) is 14.1. The number of carbonyl (C=O) groups is 3. The van der Waals surface area contributed by atoms with Gasteiger partial charge in [0.15, 0.2) is 0 Å². The third kappa shape index (κ3) is 10.6. The summed E-state index contributed by atoms with van der Waals surface area (Å²) in [5.41, 5.74) is 8.34. The van der Waals surface area contributed by atoms with Gasteiger partial charge >= 0.3 is 6.18 Å². The van der Waals surface area contributed by atoms with Crippen LogP contribution in [0.25, 0.3) is 10.9 Å². The van der Waals surface area contributed by atoms with Crippen LogP contribution >= 0.6 is 23.9 Å². The first kappa shape index (κ1) is 34.4. The fourth-order valence-electron chi connectivity index (χ4n) is 3.77. The Morgan fingerprint density at radius 2 is 1.62 bits per heavy atom. The number of fused-ring (bicyclic) bond motifs is 1. The topological polar surface area (TPSA) is 155 Å². The van der Waals surface area contributed by atoms with Crippen molar-refractivity contribution in [1.29, 1.82) is 0 Å². The first-order valence-corrected chi connectivity index (χ1v) is 14.1. The SMILES string of the molecule is CO.NS/C=C(\N)C(=O)N1CCCN(C(=O)c2ccc(NSc3cccc4cccnc34)cc2)CC1.O=CC(F)(F)F. The number of pyridine rings is 1. The van der Waals surface area contributed by atoms with Crippen LogP contribution < -0.4 is 15.6 Å². The Morgan fingerprint density at radius 3 is 2.26 bits per heavy atom. The van der Waals surface area contributed by atoms with Crippen molar-refractivity contribution in [1.82, 2.24) is 14.8 Å². The quantitative estimate of drug-likeness (QED) is 0.181. The average molecular weight is 625 g/mol. The van der Waals surface area contributed by atoms with Crippen molar-refractivity contribution >= 4 is 58.6 Å². The van der Waals surface area contributed by atoms with Gasteiger partial charge < -0.3 is 25.4 Å². The molecule has 1 aromatic heterocycles. The van der Waals surface area contributed by atoms with Gasteiger partial charge in [0.25, 0.3) is 11.8 Å². The van der Waals surface area contributed by atoms with E-state index in [0.717, 1.165) is 40.5 Å². The smallest absolute Gasteiger partial charge is 0.400 e. The van der Waals surface area contributed by atoms with Crippen LogP contribution in [0.4, 0.5) is 18.9 Å². The molecule has 15 heteroatoms. The number of carbonyl (C=O) groups excluding carboxylic acids is 3. The van der Waals surface area contributed by atoms with Crippen LogP contribution in [-0.2, 0) is 9.59 Å². The van der Waals surface area contributed by atoms with E-state index < -0.39 is 12.5 Å². The van der Waals surface area contributed by atoms with E-state index in [4.69, 9.17) is 20.8 Å². The van der Waals surface area contributed by atoms with Gasteiger partial charge in [0.1, 0.15) is 5.70 Å². The highest BCUT2D eigenvalue weighted by atomic mass is 32.2. The monoisotopic (exact) mass is 624 g/mol. The minimum atomic E-state index is -4.64. The number of benzene rings is 2. The highest BCUT2D eigenvalue weighted by Crippen LogP contribution is 2.27. The lowest BCUT2D eigenvalue weighted by Gasteiger charge is -2.22. The lowest BCUT2D eigenvalue weighted by atomic mass is 10.2. The number of nitrogens with two attached hydrogens (primary N) is 2. The number of hydrogen-bond donors (Lipinski definition) is 4. The van der Waals surface area contributed by atoms with Gasteiger partial charge in [-0.25, -0.2) is 0 Å². The molecule has 0 saturated carbocycles. The largest absolute Gasteiger partial charge is 0.446 e. The molecule has 2 amide bonds. The number of nitrogens with zero attached hydrogens (tertiary/aromatic N) is 3. The average Bonchev–Trinajstić information content (AvgIpc) is 3.27. The van der Waals surface area contributed by atoms with Crippen LogP contribution in [0, 0.1) is 0 Å². The number of aliphatic hydroxyl groups excluding tert-OH is 1. The fraction of sp³-hybridized carbons (Fsp3) is 0.259. The standard InChI is InChI=1S/C24H26N6O2S2.C2HF3O.CH4O/c25-20(16-33-26)24(32)30-13-3-12-29(14-15-30)23(31)18-7-9-19(10-8-18)28-34-21-6-1-4-17-5-2-11-27-22(17)21;3-2(4,5)1-6;1-2/h1-2,4-11,16,28H,3,12-15,25-26H2;1H;2H,1H3/b20-16-;;. The number of halogens is 3. The zero-order chi connectivity index (χ0) is 31.1. The predicted octanol–water partition coefficient (Wildman–Crippen LogP) is 3.79. The molecule has 226 valence electrons. The number of nitrogens with one attached hydrogen (secondary N) is 1. The molecule has 0 radical (unpaired) electrons. The van der Waals surface area contributed by atoms with Crippen LogP contribution in [0.3, 0.4) is 0 Å². The number of alkyl halides is 3. The van der Waals surface area contributed by atoms with Crippen molar-refractivity contribution in [2.24, 2.45) is 10.9 Å². The second-order valence-electron chi connectivity index (χ2n) is 8.42. The number of aliphatic hydroxyl groups is 1. The van der Waals surface area contributed by atoms with Gasteiger partial charge in [0.05, 0.1) is 10.4 Å². The van der Waals surface area contributed by atoms with E-state index in [9.17, 15) is 22.8 Å². The summed E-state index contributed by atoms with van der Waals surface area (Å²) in [5.74, 6) is -0.297. The summed E-state index contributed by atoms with van der Waals surface area (Å²) in [6, 6.07) is 17.5. The molecule has 2 heterocycles. The third-order valence-electron chi connectivity index (χ3n) is 5.65. The maximum Gasteiger partial charge on any atom is 0.446 e. The van der Waals surface area contributed by atoms with Crippen LogP contribution in [-0.4, -0.2) is 77.5 Å². The van der Waals surface area contributed by atoms with Gasteiger partial charge in [-0.05, 0) is 54.8 Å². The van der Waals surface area contributed by atoms with Crippen molar-refractivity contribution in [2.75, 3.05) is 38.0 Å². The van der Waals surface area contributed by atoms with E-state index in [2.05, 4.69) is 9.71 Å². The molecule has 0 aliphatic carbocycles. The van der Waals surface area contributed by atoms with Crippen molar-refractivity contribution < 1.29 is 32.7 Å². The molecule has 1 aliphatic rings. The van der Waals surface area contributed by atoms with Gasteiger partial charge in [-0.1, -0.05) is 30.1 Å². The summed E-state index contributed by atoms with van der Waals surface area (Å²) in [7, 11) is 1.00. The van der Waals surface area contributed by atoms with E-state index >= 15 is 0 Å². The molecule has 10 nitrogen and oxygen atoms in total. The molecule has 1 saturated heterocycles. The summed E-state index contributed by atoms with van der Waals surface area (Å²) >= 11 is 2.39. The Hall–Kier alpha value is -3.79. The van der Waals surface area contributed by atoms with Crippen LogP contribution in [0.15, 0.2) is 76.8 Å². The van der Waals surface area contributed by atoms with Crippen molar-refractivity contribution in [2.45, 2.75) is 17.5 Å². The minimum absolute atomic E-state index is 0.0483. The Labute approximate surface area is 249 Å². The highest BCUT2D eigenvalue weighted by Gasteiger charge is 2.25. The molecule has 1 aliphatic heterocycles. The van der Waals surface area contributed by atoms with E-state index in [1.807, 2.05) is 54.6 Å². The Morgan fingerprint density at radius 1 is 1.00 bits per heavy atom. The summed E-state index contributed by atoms with van der Waals surface area (Å²) < 4.78 is 34.6. The summed E-state index contributed by atoms with van der Waals surface area (Å²) in [6.45, 7) is 2.03. The van der Waals surface area contributed by atoms with Gasteiger partial charge in [-0.3, -0.25) is 24.5 Å². The van der Waals surface area contributed by atoms with Gasteiger partial charge in [0.2, 0.25) is 6.29 Å². The molecular weight excluding hydrogens is 593 g/mol. The van der Waals surface area contributed by atoms with Crippen molar-refractivity contribution in [3.63, 3.8) is 0 Å². The molecule has 4 rings (SSSR count). The van der Waals surface area contributed by atoms with Crippen LogP contribution in [0.2, 0.25) is 0 Å². The molecule has 6 N–H and O–H groups in total. The van der Waals surface area contributed by atoms with E-state index in [1.165, 1.54) is 17.4 Å². The van der Waals surface area contributed by atoms with Crippen LogP contribution in [0.1, 0.15) is 16.8 Å². The normalized spacial score (nSPS) is 13.6. The van der Waals surface area contributed by atoms with Crippen molar-refractivity contribution in [3.8, 4) is 0 Å². The molecule has 2 aromatic carbocycles. The number of aromatic nitrogens is 1. The summed E-state index contributed by atoms with van der Waals surface area (Å²) in [6.07, 6.45) is -3.22. The van der Waals surface area contributed by atoms with E-state index in [0.29, 0.717) is 38.2 Å². The first-order chi connectivity index (χ1) is 20.1. The molecule has 0 unspecified atom stereocenters. The predicted molar refractivity (Wildman–Crippen MR) is 159 cm³/mol. The molecule has 0 bridgehead atoms. The fourth-order valence-corrected chi connectivity index (χ4v) is 4.79. The number of para-hydroxylation sites is 1. The van der Waals surface area contributed by atoms with E-state index in [-0.39, 0.29) is 17.5 Å². The van der Waals surface area contributed by atoms with Gasteiger partial charge in [0, 0.05) is 61.5 Å². The molecule has 1 fully saturated rings. The Balaban J connectivity index is 0.000000686. The molecule has 3 aromatic rings. The lowest BCUT2D eigenvalue weighted by Crippen LogP contribution is -2.39.